The van der Waals surface area contributed by atoms with Gasteiger partial charge in [0.25, 0.3) is 0 Å². The Morgan fingerprint density at radius 3 is 2.00 bits per heavy atom. The highest BCUT2D eigenvalue weighted by Gasteiger charge is 2.43. The van der Waals surface area contributed by atoms with E-state index in [2.05, 4.69) is 16.0 Å². The highest BCUT2D eigenvalue weighted by molar-refractivity contribution is 5.90. The van der Waals surface area contributed by atoms with Crippen molar-refractivity contribution in [2.24, 2.45) is 23.7 Å². The van der Waals surface area contributed by atoms with Gasteiger partial charge in [-0.15, -0.1) is 0 Å². The van der Waals surface area contributed by atoms with Crippen LogP contribution in [0.4, 0.5) is 0 Å². The molecule has 3 N–H and O–H groups in total. The molecule has 4 amide bonds. The lowest BCUT2D eigenvalue weighted by atomic mass is 9.89. The second kappa shape index (κ2) is 22.4. The lowest BCUT2D eigenvalue weighted by molar-refractivity contribution is -0.159. The topological polar surface area (TPSA) is 156 Å². The van der Waals surface area contributed by atoms with Crippen LogP contribution in [0.1, 0.15) is 100 Å². The molecule has 0 bridgehead atoms. The average molecular weight is 788 g/mol. The molecule has 1 aromatic rings. The number of hydrogen-bond donors (Lipinski definition) is 3. The Labute approximate surface area is 336 Å². The number of benzene rings is 1. The molecule has 1 aliphatic heterocycles. The predicted molar refractivity (Wildman–Crippen MR) is 218 cm³/mol. The monoisotopic (exact) mass is 788 g/mol. The summed E-state index contributed by atoms with van der Waals surface area (Å²) < 4.78 is 17.7. The molecule has 0 saturated carbocycles. The number of methoxy groups -OCH3 is 2. The SMILES string of the molecule is CC[C@H](C)[C@@H]([C@@H](CC(=O)N1CCC[C@H]1C(OC)[C@@H](C)C(=O)N[C@@H](Cc1ccccc1)C(=O)OC(C)(C)C)OC)N(C)C(=O)[C@@H](NC(=O)[C@@H](NC)C(C)C)C(C)C. The summed E-state index contributed by atoms with van der Waals surface area (Å²) in [5, 5.41) is 8.96. The molecule has 1 fully saturated rings. The van der Waals surface area contributed by atoms with Crippen molar-refractivity contribution in [2.75, 3.05) is 34.9 Å². The number of likely N-dealkylation sites (tertiary alicyclic amines) is 1. The third-order valence-corrected chi connectivity index (χ3v) is 11.0. The molecule has 1 aromatic carbocycles. The summed E-state index contributed by atoms with van der Waals surface area (Å²) in [4.78, 5) is 72.3. The third kappa shape index (κ3) is 13.5. The van der Waals surface area contributed by atoms with Crippen LogP contribution >= 0.6 is 0 Å². The molecule has 318 valence electrons. The number of rotatable bonds is 21. The Bertz CT molecular complexity index is 1420. The molecule has 9 atom stereocenters. The van der Waals surface area contributed by atoms with E-state index in [0.717, 1.165) is 18.4 Å². The van der Waals surface area contributed by atoms with E-state index in [-0.39, 0.29) is 54.2 Å². The summed E-state index contributed by atoms with van der Waals surface area (Å²) >= 11 is 0. The number of nitrogens with one attached hydrogen (secondary N) is 3. The van der Waals surface area contributed by atoms with Gasteiger partial charge < -0.3 is 40.0 Å². The normalized spacial score (nSPS) is 19.0. The van der Waals surface area contributed by atoms with Crippen LogP contribution in [0.3, 0.4) is 0 Å². The van der Waals surface area contributed by atoms with Gasteiger partial charge in [0, 0.05) is 34.2 Å². The van der Waals surface area contributed by atoms with Gasteiger partial charge in [-0.05, 0) is 64.0 Å². The first-order chi connectivity index (χ1) is 26.2. The Morgan fingerprint density at radius 2 is 1.50 bits per heavy atom. The van der Waals surface area contributed by atoms with E-state index >= 15 is 0 Å². The number of likely N-dealkylation sites (N-methyl/N-ethyl adjacent to an activating group) is 2. The molecule has 1 unspecified atom stereocenters. The van der Waals surface area contributed by atoms with Crippen LogP contribution in [0.15, 0.2) is 30.3 Å². The lowest BCUT2D eigenvalue weighted by Gasteiger charge is -2.41. The molecule has 1 aliphatic rings. The molecule has 1 saturated heterocycles. The first kappa shape index (κ1) is 48.6. The van der Waals surface area contributed by atoms with Crippen LogP contribution in [0, 0.1) is 23.7 Å². The molecule has 0 radical (unpaired) electrons. The van der Waals surface area contributed by atoms with Gasteiger partial charge in [0.1, 0.15) is 17.7 Å². The van der Waals surface area contributed by atoms with Crippen LogP contribution in [-0.2, 0) is 44.6 Å². The van der Waals surface area contributed by atoms with Crippen molar-refractivity contribution in [1.82, 2.24) is 25.8 Å². The van der Waals surface area contributed by atoms with Crippen molar-refractivity contribution in [3.05, 3.63) is 35.9 Å². The summed E-state index contributed by atoms with van der Waals surface area (Å²) in [7, 11) is 6.53. The average Bonchev–Trinajstić information content (AvgIpc) is 3.62. The van der Waals surface area contributed by atoms with Gasteiger partial charge in [0.05, 0.1) is 42.7 Å². The molecule has 0 spiro atoms. The summed E-state index contributed by atoms with van der Waals surface area (Å²) in [5.74, 6) is -2.48. The fourth-order valence-corrected chi connectivity index (χ4v) is 7.77. The number of carbonyl (C=O) groups is 5. The largest absolute Gasteiger partial charge is 0.458 e. The van der Waals surface area contributed by atoms with Crippen molar-refractivity contribution in [1.29, 1.82) is 0 Å². The quantitative estimate of drug-likeness (QED) is 0.154. The summed E-state index contributed by atoms with van der Waals surface area (Å²) in [6, 6.07) is 6.42. The minimum atomic E-state index is -0.923. The van der Waals surface area contributed by atoms with Crippen molar-refractivity contribution in [3.8, 4) is 0 Å². The highest BCUT2D eigenvalue weighted by atomic mass is 16.6. The standard InChI is InChI=1S/C43H73N5O8/c1-15-28(6)37(47(12)41(52)36(27(4)5)46-40(51)35(44-11)26(2)3)33(54-13)25-34(49)48-23-19-22-32(48)38(55-14)29(7)39(50)45-31(42(53)56-43(8,9)10)24-30-20-17-16-18-21-30/h16-18,20-21,26-29,31-33,35-38,44H,15,19,22-25H2,1-14H3,(H,45,50)(H,46,51)/t28-,29+,31-,32-,33+,35-,36-,37-,38?/m0/s1. The highest BCUT2D eigenvalue weighted by Crippen LogP contribution is 2.30. The summed E-state index contributed by atoms with van der Waals surface area (Å²) in [5.41, 5.74) is 0.134. The number of amides is 4. The van der Waals surface area contributed by atoms with E-state index in [4.69, 9.17) is 14.2 Å². The zero-order chi connectivity index (χ0) is 42.5. The maximum absolute atomic E-state index is 14.3. The zero-order valence-electron chi connectivity index (χ0n) is 36.6. The van der Waals surface area contributed by atoms with E-state index in [1.165, 1.54) is 7.11 Å². The summed E-state index contributed by atoms with van der Waals surface area (Å²) in [6.07, 6.45) is 1.04. The zero-order valence-corrected chi connectivity index (χ0v) is 36.6. The second-order valence-electron chi connectivity index (χ2n) is 17.1. The fourth-order valence-electron chi connectivity index (χ4n) is 7.77. The van der Waals surface area contributed by atoms with E-state index in [1.54, 1.807) is 58.7 Å². The molecule has 13 nitrogen and oxygen atoms in total. The van der Waals surface area contributed by atoms with Crippen molar-refractivity contribution in [2.45, 2.75) is 149 Å². The van der Waals surface area contributed by atoms with Gasteiger partial charge in [-0.2, -0.15) is 0 Å². The number of ether oxygens (including phenoxy) is 3. The maximum atomic E-state index is 14.3. The predicted octanol–water partition coefficient (Wildman–Crippen LogP) is 4.36. The number of esters is 1. The minimum Gasteiger partial charge on any atom is -0.458 e. The molecule has 2 rings (SSSR count). The van der Waals surface area contributed by atoms with Crippen LogP contribution in [-0.4, -0.2) is 122 Å². The Hall–Kier alpha value is -3.55. The smallest absolute Gasteiger partial charge is 0.329 e. The van der Waals surface area contributed by atoms with Crippen molar-refractivity contribution >= 4 is 29.6 Å². The van der Waals surface area contributed by atoms with Gasteiger partial charge in [-0.3, -0.25) is 19.2 Å². The first-order valence-electron chi connectivity index (χ1n) is 20.4. The second-order valence-corrected chi connectivity index (χ2v) is 17.1. The third-order valence-electron chi connectivity index (χ3n) is 11.0. The molecular formula is C43H73N5O8. The Kier molecular flexibility index (Phi) is 19.4. The molecular weight excluding hydrogens is 714 g/mol. The van der Waals surface area contributed by atoms with E-state index in [0.29, 0.717) is 13.0 Å². The van der Waals surface area contributed by atoms with Crippen LogP contribution in [0.2, 0.25) is 0 Å². The molecule has 56 heavy (non-hydrogen) atoms. The summed E-state index contributed by atoms with van der Waals surface area (Å²) in [6.45, 7) is 19.3. The first-order valence-corrected chi connectivity index (χ1v) is 20.4. The van der Waals surface area contributed by atoms with Gasteiger partial charge in [-0.1, -0.05) is 85.2 Å². The van der Waals surface area contributed by atoms with Gasteiger partial charge in [-0.25, -0.2) is 4.79 Å². The Morgan fingerprint density at radius 1 is 0.893 bits per heavy atom. The van der Waals surface area contributed by atoms with E-state index < -0.39 is 59.9 Å². The van der Waals surface area contributed by atoms with Crippen molar-refractivity contribution in [3.63, 3.8) is 0 Å². The van der Waals surface area contributed by atoms with Crippen LogP contribution < -0.4 is 16.0 Å². The van der Waals surface area contributed by atoms with Crippen molar-refractivity contribution < 1.29 is 38.2 Å². The number of nitrogens with zero attached hydrogens (tertiary/aromatic N) is 2. The van der Waals surface area contributed by atoms with E-state index in [1.807, 2.05) is 71.9 Å². The maximum Gasteiger partial charge on any atom is 0.329 e. The fraction of sp³-hybridized carbons (Fsp3) is 0.744. The lowest BCUT2D eigenvalue weighted by Crippen LogP contribution is -2.59. The van der Waals surface area contributed by atoms with Gasteiger partial charge in [0.2, 0.25) is 23.6 Å². The Balaban J connectivity index is 2.31. The van der Waals surface area contributed by atoms with Gasteiger partial charge >= 0.3 is 5.97 Å². The number of carbonyl (C=O) groups excluding carboxylic acids is 5. The van der Waals surface area contributed by atoms with Crippen LogP contribution in [0.5, 0.6) is 0 Å². The van der Waals surface area contributed by atoms with E-state index in [9.17, 15) is 24.0 Å². The van der Waals surface area contributed by atoms with Gasteiger partial charge in [0.15, 0.2) is 0 Å². The molecule has 1 heterocycles. The molecule has 0 aliphatic carbocycles. The number of hydrogen-bond acceptors (Lipinski definition) is 9. The molecule has 13 heteroatoms. The van der Waals surface area contributed by atoms with Crippen LogP contribution in [0.25, 0.3) is 0 Å². The molecule has 0 aromatic heterocycles. The minimum absolute atomic E-state index is 0.00230.